The maximum atomic E-state index is 4.29. The van der Waals surface area contributed by atoms with Gasteiger partial charge in [0.1, 0.15) is 0 Å². The molecule has 0 saturated heterocycles. The fourth-order valence-electron chi connectivity index (χ4n) is 7.00. The van der Waals surface area contributed by atoms with Crippen molar-refractivity contribution in [3.05, 3.63) is 164 Å². The molecule has 0 bridgehead atoms. The summed E-state index contributed by atoms with van der Waals surface area (Å²) in [6, 6.07) is 50.4. The lowest BCUT2D eigenvalue weighted by molar-refractivity contribution is 1.18. The molecule has 45 heavy (non-hydrogen) atoms. The molecular formula is C42H27N3. The summed E-state index contributed by atoms with van der Waals surface area (Å²) in [7, 11) is 0. The lowest BCUT2D eigenvalue weighted by Gasteiger charge is -2.13. The van der Waals surface area contributed by atoms with E-state index in [1.54, 1.807) is 0 Å². The number of pyridine rings is 2. The lowest BCUT2D eigenvalue weighted by atomic mass is 9.92. The van der Waals surface area contributed by atoms with Crippen LogP contribution >= 0.6 is 0 Å². The van der Waals surface area contributed by atoms with Gasteiger partial charge in [0.2, 0.25) is 0 Å². The molecule has 3 nitrogen and oxygen atoms in total. The van der Waals surface area contributed by atoms with Gasteiger partial charge in [-0.05, 0) is 103 Å². The van der Waals surface area contributed by atoms with E-state index in [-0.39, 0.29) is 0 Å². The highest BCUT2D eigenvalue weighted by Gasteiger charge is 2.19. The molecule has 0 spiro atoms. The van der Waals surface area contributed by atoms with Gasteiger partial charge in [0.15, 0.2) is 0 Å². The van der Waals surface area contributed by atoms with Crippen molar-refractivity contribution in [2.75, 3.05) is 0 Å². The van der Waals surface area contributed by atoms with Crippen LogP contribution in [0.3, 0.4) is 0 Å². The van der Waals surface area contributed by atoms with Crippen LogP contribution in [0.4, 0.5) is 0 Å². The molecule has 210 valence electrons. The van der Waals surface area contributed by atoms with Crippen molar-refractivity contribution in [2.45, 2.75) is 0 Å². The van der Waals surface area contributed by atoms with Crippen LogP contribution in [-0.2, 0) is 0 Å². The maximum Gasteiger partial charge on any atom is 0.0553 e. The zero-order valence-electron chi connectivity index (χ0n) is 24.4. The van der Waals surface area contributed by atoms with Gasteiger partial charge < -0.3 is 4.57 Å². The summed E-state index contributed by atoms with van der Waals surface area (Å²) < 4.78 is 2.43. The summed E-state index contributed by atoms with van der Waals surface area (Å²) >= 11 is 0. The first-order chi connectivity index (χ1) is 22.3. The molecule has 0 aliphatic heterocycles. The van der Waals surface area contributed by atoms with Crippen LogP contribution in [0.15, 0.2) is 164 Å². The highest BCUT2D eigenvalue weighted by molar-refractivity contribution is 6.24. The Kier molecular flexibility index (Phi) is 5.82. The number of fused-ring (bicyclic) bond motifs is 6. The summed E-state index contributed by atoms with van der Waals surface area (Å²) in [5, 5.41) is 7.47. The van der Waals surface area contributed by atoms with Crippen LogP contribution in [0.2, 0.25) is 0 Å². The summed E-state index contributed by atoms with van der Waals surface area (Å²) in [5.74, 6) is 0. The van der Waals surface area contributed by atoms with Crippen molar-refractivity contribution in [1.29, 1.82) is 0 Å². The molecule has 0 fully saturated rings. The number of hydrogen-bond donors (Lipinski definition) is 0. The normalized spacial score (nSPS) is 11.6. The molecule has 0 unspecified atom stereocenters. The Morgan fingerprint density at radius 2 is 0.889 bits per heavy atom. The van der Waals surface area contributed by atoms with E-state index in [2.05, 4.69) is 154 Å². The molecule has 0 saturated carbocycles. The van der Waals surface area contributed by atoms with Crippen molar-refractivity contribution in [1.82, 2.24) is 14.5 Å². The average Bonchev–Trinajstić information content (AvgIpc) is 3.45. The SMILES string of the molecule is c1ccc(-n2c3cc(-c4ccc(-c5ccncc5)c5ccccc45)ccc3c3c4ccccc4c(-c4ccncc4)cc32)cc1. The first-order valence-corrected chi connectivity index (χ1v) is 15.2. The third kappa shape index (κ3) is 4.05. The monoisotopic (exact) mass is 573 g/mol. The van der Waals surface area contributed by atoms with Gasteiger partial charge in [0.05, 0.1) is 11.0 Å². The molecule has 0 amide bonds. The number of rotatable bonds is 4. The van der Waals surface area contributed by atoms with Gasteiger partial charge in [-0.2, -0.15) is 0 Å². The third-order valence-electron chi connectivity index (χ3n) is 9.00. The molecule has 3 heteroatoms. The van der Waals surface area contributed by atoms with Crippen molar-refractivity contribution >= 4 is 43.4 Å². The molecule has 0 N–H and O–H groups in total. The van der Waals surface area contributed by atoms with E-state index in [4.69, 9.17) is 0 Å². The van der Waals surface area contributed by atoms with E-state index < -0.39 is 0 Å². The van der Waals surface area contributed by atoms with E-state index >= 15 is 0 Å². The third-order valence-corrected chi connectivity index (χ3v) is 9.00. The fraction of sp³-hybridized carbons (Fsp3) is 0. The van der Waals surface area contributed by atoms with Crippen LogP contribution in [0.25, 0.3) is 82.4 Å². The lowest BCUT2D eigenvalue weighted by Crippen LogP contribution is -1.94. The predicted molar refractivity (Wildman–Crippen MR) is 188 cm³/mol. The maximum absolute atomic E-state index is 4.29. The Morgan fingerprint density at radius 1 is 0.356 bits per heavy atom. The molecule has 3 heterocycles. The topological polar surface area (TPSA) is 30.7 Å². The second kappa shape index (κ2) is 10.3. The first-order valence-electron chi connectivity index (χ1n) is 15.2. The Bertz CT molecular complexity index is 2510. The highest BCUT2D eigenvalue weighted by Crippen LogP contribution is 2.43. The molecule has 0 aliphatic rings. The zero-order chi connectivity index (χ0) is 29.7. The smallest absolute Gasteiger partial charge is 0.0553 e. The van der Waals surface area contributed by atoms with E-state index in [0.29, 0.717) is 0 Å². The predicted octanol–water partition coefficient (Wildman–Crippen LogP) is 10.9. The van der Waals surface area contributed by atoms with Crippen LogP contribution in [0.1, 0.15) is 0 Å². The highest BCUT2D eigenvalue weighted by atomic mass is 15.0. The quantitative estimate of drug-likeness (QED) is 0.210. The van der Waals surface area contributed by atoms with Crippen LogP contribution in [0.5, 0.6) is 0 Å². The van der Waals surface area contributed by atoms with Crippen LogP contribution in [-0.4, -0.2) is 14.5 Å². The van der Waals surface area contributed by atoms with Gasteiger partial charge in [-0.15, -0.1) is 0 Å². The van der Waals surface area contributed by atoms with Crippen molar-refractivity contribution < 1.29 is 0 Å². The van der Waals surface area contributed by atoms with Gasteiger partial charge in [0, 0.05) is 41.2 Å². The Morgan fingerprint density at radius 3 is 1.53 bits per heavy atom. The second-order valence-electron chi connectivity index (χ2n) is 11.4. The summed E-state index contributed by atoms with van der Waals surface area (Å²) in [6.07, 6.45) is 7.46. The molecule has 6 aromatic carbocycles. The summed E-state index contributed by atoms with van der Waals surface area (Å²) in [5.41, 5.74) is 10.7. The van der Waals surface area contributed by atoms with Gasteiger partial charge in [-0.1, -0.05) is 91.0 Å². The van der Waals surface area contributed by atoms with Gasteiger partial charge in [0.25, 0.3) is 0 Å². The van der Waals surface area contributed by atoms with Gasteiger partial charge in [-0.25, -0.2) is 0 Å². The van der Waals surface area contributed by atoms with Gasteiger partial charge in [-0.3, -0.25) is 9.97 Å². The molecular weight excluding hydrogens is 546 g/mol. The number of benzene rings is 6. The minimum absolute atomic E-state index is 1.14. The Labute approximate surface area is 260 Å². The van der Waals surface area contributed by atoms with E-state index in [1.165, 1.54) is 71.2 Å². The van der Waals surface area contributed by atoms with E-state index in [9.17, 15) is 0 Å². The average molecular weight is 574 g/mol. The number of aromatic nitrogens is 3. The van der Waals surface area contributed by atoms with E-state index in [0.717, 1.165) is 11.3 Å². The number of para-hydroxylation sites is 1. The zero-order valence-corrected chi connectivity index (χ0v) is 24.4. The second-order valence-corrected chi connectivity index (χ2v) is 11.4. The van der Waals surface area contributed by atoms with Crippen molar-refractivity contribution in [2.24, 2.45) is 0 Å². The first kappa shape index (κ1) is 25.4. The van der Waals surface area contributed by atoms with Crippen molar-refractivity contribution in [3.63, 3.8) is 0 Å². The van der Waals surface area contributed by atoms with Crippen LogP contribution in [0, 0.1) is 0 Å². The fourth-order valence-corrected chi connectivity index (χ4v) is 7.00. The van der Waals surface area contributed by atoms with Gasteiger partial charge >= 0.3 is 0 Å². The standard InChI is InChI=1S/C42H27N3/c1-2-8-31(9-3-1)45-40-26-30(33-17-16-32(28-18-22-43-23-19-28)34-10-4-5-11-35(33)34)14-15-38(40)42-37-13-7-6-12-36(37)39(27-41(42)45)29-20-24-44-25-21-29/h1-27H. The molecule has 3 aromatic heterocycles. The largest absolute Gasteiger partial charge is 0.309 e. The minimum Gasteiger partial charge on any atom is -0.309 e. The minimum atomic E-state index is 1.14. The molecule has 0 aliphatic carbocycles. The van der Waals surface area contributed by atoms with E-state index in [1.807, 2.05) is 24.8 Å². The summed E-state index contributed by atoms with van der Waals surface area (Å²) in [6.45, 7) is 0. The van der Waals surface area contributed by atoms with Crippen molar-refractivity contribution in [3.8, 4) is 39.1 Å². The Hall–Kier alpha value is -6.06. The molecule has 0 radical (unpaired) electrons. The Balaban J connectivity index is 1.37. The van der Waals surface area contributed by atoms with Crippen LogP contribution < -0.4 is 0 Å². The number of nitrogens with zero attached hydrogens (tertiary/aromatic N) is 3. The molecule has 9 rings (SSSR count). The molecule has 9 aromatic rings. The molecule has 0 atom stereocenters. The summed E-state index contributed by atoms with van der Waals surface area (Å²) in [4.78, 5) is 8.52. The number of hydrogen-bond acceptors (Lipinski definition) is 2.